The topological polar surface area (TPSA) is 35.5 Å². The average Bonchev–Trinajstić information content (AvgIpc) is 3.06. The van der Waals surface area contributed by atoms with E-state index in [1.165, 1.54) is 17.4 Å². The summed E-state index contributed by atoms with van der Waals surface area (Å²) < 4.78 is 41.0. The molecule has 3 nitrogen and oxygen atoms in total. The van der Waals surface area contributed by atoms with Crippen LogP contribution in [-0.2, 0) is 6.18 Å². The van der Waals surface area contributed by atoms with Crippen LogP contribution in [0, 0.1) is 0 Å². The number of phenols is 1. The molecule has 146 valence electrons. The van der Waals surface area contributed by atoms with E-state index in [4.69, 9.17) is 0 Å². The first-order valence-corrected chi connectivity index (χ1v) is 9.13. The van der Waals surface area contributed by atoms with Crippen molar-refractivity contribution in [3.8, 4) is 5.75 Å². The zero-order valence-electron chi connectivity index (χ0n) is 13.4. The fraction of sp³-hybridized carbons (Fsp3) is 0.375. The van der Waals surface area contributed by atoms with E-state index in [2.05, 4.69) is 21.2 Å². The summed E-state index contributed by atoms with van der Waals surface area (Å²) in [5.41, 5.74) is -0.874. The summed E-state index contributed by atoms with van der Waals surface area (Å²) in [6.07, 6.45) is -4.53. The number of thiophene rings is 1. The van der Waals surface area contributed by atoms with E-state index in [1.54, 1.807) is 0 Å². The fourth-order valence-electron chi connectivity index (χ4n) is 3.00. The van der Waals surface area contributed by atoms with Gasteiger partial charge in [-0.15, -0.1) is 36.2 Å². The van der Waals surface area contributed by atoms with Crippen molar-refractivity contribution >= 4 is 52.1 Å². The molecule has 0 spiro atoms. The molecule has 0 unspecified atom stereocenters. The van der Waals surface area contributed by atoms with Gasteiger partial charge in [0.2, 0.25) is 0 Å². The Morgan fingerprint density at radius 2 is 1.81 bits per heavy atom. The minimum absolute atomic E-state index is 0. The van der Waals surface area contributed by atoms with Crippen LogP contribution in [0.2, 0.25) is 0 Å². The number of nitrogens with one attached hydrogen (secondary N) is 1. The summed E-state index contributed by atoms with van der Waals surface area (Å²) >= 11 is 4.56. The Morgan fingerprint density at radius 3 is 2.35 bits per heavy atom. The summed E-state index contributed by atoms with van der Waals surface area (Å²) in [5, 5.41) is 15.5. The lowest BCUT2D eigenvalue weighted by atomic mass is 9.95. The summed E-state index contributed by atoms with van der Waals surface area (Å²) in [5.74, 6) is -0.346. The number of aromatic hydroxyl groups is 1. The van der Waals surface area contributed by atoms with E-state index < -0.39 is 17.8 Å². The highest BCUT2D eigenvalue weighted by Crippen LogP contribution is 2.46. The van der Waals surface area contributed by atoms with Crippen molar-refractivity contribution in [3.63, 3.8) is 0 Å². The van der Waals surface area contributed by atoms with Gasteiger partial charge in [-0.2, -0.15) is 13.2 Å². The normalized spacial score (nSPS) is 16.5. The van der Waals surface area contributed by atoms with Crippen molar-refractivity contribution < 1.29 is 18.3 Å². The van der Waals surface area contributed by atoms with Crippen LogP contribution in [0.15, 0.2) is 34.1 Å². The standard InChI is InChI=1S/C16H16BrF3N2OS.2ClH/c17-11-4-3-10(16(18,19)20)13(15(11)23)14(12-2-1-9-24-12)22-7-5-21-6-8-22;;/h1-4,9,14,21,23H,5-8H2;2*1H/t14-;;/m0../s1. The Morgan fingerprint density at radius 1 is 1.15 bits per heavy atom. The van der Waals surface area contributed by atoms with Crippen molar-refractivity contribution in [2.45, 2.75) is 12.2 Å². The molecule has 1 atom stereocenters. The monoisotopic (exact) mass is 492 g/mol. The molecule has 26 heavy (non-hydrogen) atoms. The Labute approximate surface area is 174 Å². The van der Waals surface area contributed by atoms with Gasteiger partial charge in [0, 0.05) is 36.6 Å². The third-order valence-corrected chi connectivity index (χ3v) is 5.64. The number of phenolic OH excluding ortho intramolecular Hbond substituents is 1. The molecule has 0 bridgehead atoms. The SMILES string of the molecule is Cl.Cl.Oc1c(Br)ccc(C(F)(F)F)c1[C@H](c1cccs1)N1CCNCC1. The molecule has 1 saturated heterocycles. The zero-order valence-corrected chi connectivity index (χ0v) is 17.5. The van der Waals surface area contributed by atoms with E-state index in [-0.39, 0.29) is 40.6 Å². The molecule has 0 amide bonds. The number of rotatable bonds is 3. The third kappa shape index (κ3) is 4.85. The quantitative estimate of drug-likeness (QED) is 0.626. The number of hydrogen-bond donors (Lipinski definition) is 2. The largest absolute Gasteiger partial charge is 0.506 e. The van der Waals surface area contributed by atoms with Crippen LogP contribution in [-0.4, -0.2) is 36.2 Å². The highest BCUT2D eigenvalue weighted by atomic mass is 79.9. The van der Waals surface area contributed by atoms with E-state index >= 15 is 0 Å². The first-order valence-electron chi connectivity index (χ1n) is 7.46. The lowest BCUT2D eigenvalue weighted by molar-refractivity contribution is -0.138. The van der Waals surface area contributed by atoms with E-state index in [1.807, 2.05) is 22.4 Å². The lowest BCUT2D eigenvalue weighted by Crippen LogP contribution is -2.45. The molecule has 1 aromatic heterocycles. The van der Waals surface area contributed by atoms with Gasteiger partial charge in [-0.3, -0.25) is 4.90 Å². The van der Waals surface area contributed by atoms with Gasteiger partial charge in [0.25, 0.3) is 0 Å². The van der Waals surface area contributed by atoms with Gasteiger partial charge in [0.15, 0.2) is 0 Å². The molecule has 0 radical (unpaired) electrons. The molecular formula is C16H18BrCl2F3N2OS. The Balaban J connectivity index is 0.00000169. The van der Waals surface area contributed by atoms with Crippen molar-refractivity contribution in [2.24, 2.45) is 0 Å². The van der Waals surface area contributed by atoms with Crippen LogP contribution >= 0.6 is 52.1 Å². The maximum Gasteiger partial charge on any atom is 0.416 e. The molecule has 1 aromatic carbocycles. The highest BCUT2D eigenvalue weighted by molar-refractivity contribution is 9.10. The van der Waals surface area contributed by atoms with Crippen molar-refractivity contribution in [1.82, 2.24) is 10.2 Å². The van der Waals surface area contributed by atoms with Gasteiger partial charge in [-0.05, 0) is 39.5 Å². The van der Waals surface area contributed by atoms with E-state index in [0.717, 1.165) is 10.9 Å². The van der Waals surface area contributed by atoms with Crippen LogP contribution in [0.4, 0.5) is 13.2 Å². The van der Waals surface area contributed by atoms with E-state index in [0.29, 0.717) is 26.2 Å². The van der Waals surface area contributed by atoms with Gasteiger partial charge < -0.3 is 10.4 Å². The number of hydrogen-bond acceptors (Lipinski definition) is 4. The second-order valence-corrected chi connectivity index (χ2v) is 7.39. The number of piperazine rings is 1. The van der Waals surface area contributed by atoms with Gasteiger partial charge in [-0.1, -0.05) is 6.07 Å². The number of benzene rings is 1. The van der Waals surface area contributed by atoms with Crippen molar-refractivity contribution in [3.05, 3.63) is 50.1 Å². The lowest BCUT2D eigenvalue weighted by Gasteiger charge is -2.36. The summed E-state index contributed by atoms with van der Waals surface area (Å²) in [4.78, 5) is 2.77. The first-order chi connectivity index (χ1) is 11.4. The molecular weight excluding hydrogens is 476 g/mol. The number of alkyl halides is 3. The van der Waals surface area contributed by atoms with Crippen molar-refractivity contribution in [1.29, 1.82) is 0 Å². The molecule has 2 heterocycles. The van der Waals surface area contributed by atoms with E-state index in [9.17, 15) is 18.3 Å². The molecule has 3 rings (SSSR count). The minimum Gasteiger partial charge on any atom is -0.506 e. The molecule has 2 N–H and O–H groups in total. The van der Waals surface area contributed by atoms with Crippen LogP contribution < -0.4 is 5.32 Å². The minimum atomic E-state index is -4.53. The van der Waals surface area contributed by atoms with Gasteiger partial charge in [-0.25, -0.2) is 0 Å². The van der Waals surface area contributed by atoms with Crippen LogP contribution in [0.5, 0.6) is 5.75 Å². The Bertz CT molecular complexity index is 710. The van der Waals surface area contributed by atoms with Gasteiger partial charge in [0.05, 0.1) is 16.1 Å². The maximum atomic E-state index is 13.6. The molecule has 1 aliphatic rings. The Hall–Kier alpha value is -0.510. The first kappa shape index (κ1) is 23.5. The number of halogens is 6. The second-order valence-electron chi connectivity index (χ2n) is 5.56. The second kappa shape index (κ2) is 9.61. The molecule has 1 aliphatic heterocycles. The Kier molecular flexibility index (Phi) is 8.70. The molecule has 10 heteroatoms. The molecule has 0 aliphatic carbocycles. The third-order valence-electron chi connectivity index (χ3n) is 4.08. The predicted octanol–water partition coefficient (Wildman–Crippen LogP) is 5.07. The molecule has 0 saturated carbocycles. The number of nitrogens with zero attached hydrogens (tertiary/aromatic N) is 1. The van der Waals surface area contributed by atoms with Crippen LogP contribution in [0.1, 0.15) is 22.0 Å². The summed E-state index contributed by atoms with van der Waals surface area (Å²) in [6.45, 7) is 2.65. The highest BCUT2D eigenvalue weighted by Gasteiger charge is 2.40. The van der Waals surface area contributed by atoms with Gasteiger partial charge >= 0.3 is 6.18 Å². The molecule has 2 aromatic rings. The average molecular weight is 494 g/mol. The summed E-state index contributed by atoms with van der Waals surface area (Å²) in [7, 11) is 0. The van der Waals surface area contributed by atoms with Crippen LogP contribution in [0.25, 0.3) is 0 Å². The van der Waals surface area contributed by atoms with Crippen molar-refractivity contribution in [2.75, 3.05) is 26.2 Å². The van der Waals surface area contributed by atoms with Crippen LogP contribution in [0.3, 0.4) is 0 Å². The maximum absolute atomic E-state index is 13.6. The van der Waals surface area contributed by atoms with Gasteiger partial charge in [0.1, 0.15) is 5.75 Å². The molecule has 1 fully saturated rings. The zero-order chi connectivity index (χ0) is 17.3. The summed E-state index contributed by atoms with van der Waals surface area (Å²) in [6, 6.07) is 5.28. The predicted molar refractivity (Wildman–Crippen MR) is 106 cm³/mol. The fourth-order valence-corrected chi connectivity index (χ4v) is 4.21. The smallest absolute Gasteiger partial charge is 0.416 e.